The first-order valence-electron chi connectivity index (χ1n) is 7.95. The van der Waals surface area contributed by atoms with Crippen LogP contribution >= 0.6 is 0 Å². The summed E-state index contributed by atoms with van der Waals surface area (Å²) in [6.07, 6.45) is 1.44. The number of hydrogen-bond acceptors (Lipinski definition) is 5. The Labute approximate surface area is 150 Å². The lowest BCUT2D eigenvalue weighted by Gasteiger charge is -2.20. The number of methoxy groups -OCH3 is 1. The quantitative estimate of drug-likeness (QED) is 0.825. The summed E-state index contributed by atoms with van der Waals surface area (Å²) < 4.78 is 11.4. The Bertz CT molecular complexity index is 892. The maximum atomic E-state index is 12.4. The average molecular weight is 359 g/mol. The van der Waals surface area contributed by atoms with E-state index >= 15 is 0 Å². The van der Waals surface area contributed by atoms with E-state index in [1.807, 2.05) is 0 Å². The van der Waals surface area contributed by atoms with Crippen molar-refractivity contribution in [2.45, 2.75) is 32.9 Å². The first-order valence-corrected chi connectivity index (χ1v) is 7.95. The fraction of sp³-hybridized carbons (Fsp3) is 0.316. The molecule has 0 saturated heterocycles. The topological polar surface area (TPSA) is 94.8 Å². The van der Waals surface area contributed by atoms with Crippen LogP contribution in [0.1, 0.15) is 31.1 Å². The van der Waals surface area contributed by atoms with Crippen molar-refractivity contribution in [1.82, 2.24) is 4.57 Å². The number of carbonyl (C=O) groups is 2. The van der Waals surface area contributed by atoms with Crippen LogP contribution < -0.4 is 10.3 Å². The standard InChI is InChI=1S/C19H21NO6/c1-19(2,3)26-16(21)11-20-10-13(9-15(17(20)22)18(23)24)12-6-5-7-14(8-12)25-4/h5-10H,11H2,1-4H3,(H,23,24). The fourth-order valence-corrected chi connectivity index (χ4v) is 2.38. The van der Waals surface area contributed by atoms with Crippen LogP contribution in [-0.2, 0) is 16.1 Å². The number of carbonyl (C=O) groups excluding carboxylic acids is 1. The summed E-state index contributed by atoms with van der Waals surface area (Å²) in [5.74, 6) is -1.40. The minimum Gasteiger partial charge on any atom is -0.497 e. The summed E-state index contributed by atoms with van der Waals surface area (Å²) in [7, 11) is 1.52. The van der Waals surface area contributed by atoms with Gasteiger partial charge < -0.3 is 19.1 Å². The highest BCUT2D eigenvalue weighted by atomic mass is 16.6. The van der Waals surface area contributed by atoms with Gasteiger partial charge in [-0.1, -0.05) is 12.1 Å². The number of aromatic nitrogens is 1. The predicted molar refractivity (Wildman–Crippen MR) is 95.5 cm³/mol. The van der Waals surface area contributed by atoms with E-state index in [1.165, 1.54) is 19.4 Å². The monoisotopic (exact) mass is 359 g/mol. The van der Waals surface area contributed by atoms with Crippen LogP contribution in [0.2, 0.25) is 0 Å². The highest BCUT2D eigenvalue weighted by Crippen LogP contribution is 2.24. The molecule has 1 aromatic heterocycles. The van der Waals surface area contributed by atoms with Gasteiger partial charge in [-0.3, -0.25) is 9.59 Å². The first kappa shape index (κ1) is 19.2. The number of hydrogen-bond donors (Lipinski definition) is 1. The number of benzene rings is 1. The number of aromatic carboxylic acids is 1. The molecule has 0 aliphatic heterocycles. The fourth-order valence-electron chi connectivity index (χ4n) is 2.38. The summed E-state index contributed by atoms with van der Waals surface area (Å²) in [6, 6.07) is 8.25. The van der Waals surface area contributed by atoms with Crippen molar-refractivity contribution in [3.63, 3.8) is 0 Å². The Balaban J connectivity index is 2.51. The Morgan fingerprint density at radius 3 is 2.42 bits per heavy atom. The molecule has 1 aromatic carbocycles. The van der Waals surface area contributed by atoms with Crippen molar-refractivity contribution in [1.29, 1.82) is 0 Å². The summed E-state index contributed by atoms with van der Waals surface area (Å²) in [4.78, 5) is 35.9. The predicted octanol–water partition coefficient (Wildman–Crippen LogP) is 2.56. The minimum absolute atomic E-state index is 0.381. The van der Waals surface area contributed by atoms with Crippen LogP contribution in [0.25, 0.3) is 11.1 Å². The maximum absolute atomic E-state index is 12.4. The molecule has 0 amide bonds. The van der Waals surface area contributed by atoms with Gasteiger partial charge in [-0.25, -0.2) is 4.79 Å². The van der Waals surface area contributed by atoms with Gasteiger partial charge >= 0.3 is 11.9 Å². The van der Waals surface area contributed by atoms with Gasteiger partial charge in [-0.05, 0) is 50.1 Å². The van der Waals surface area contributed by atoms with E-state index in [2.05, 4.69) is 0 Å². The third kappa shape index (κ3) is 4.72. The van der Waals surface area contributed by atoms with Crippen molar-refractivity contribution in [3.05, 3.63) is 52.4 Å². The van der Waals surface area contributed by atoms with Crippen LogP contribution in [0.15, 0.2) is 41.3 Å². The van der Waals surface area contributed by atoms with E-state index in [4.69, 9.17) is 9.47 Å². The van der Waals surface area contributed by atoms with Crippen LogP contribution in [0.3, 0.4) is 0 Å². The molecular weight excluding hydrogens is 338 g/mol. The molecule has 138 valence electrons. The van der Waals surface area contributed by atoms with Crippen LogP contribution in [-0.4, -0.2) is 34.3 Å². The molecule has 2 rings (SSSR count). The summed E-state index contributed by atoms with van der Waals surface area (Å²) >= 11 is 0. The molecule has 0 atom stereocenters. The molecule has 2 aromatic rings. The van der Waals surface area contributed by atoms with Gasteiger partial charge in [0.1, 0.15) is 23.5 Å². The number of esters is 1. The zero-order chi connectivity index (χ0) is 19.5. The van der Waals surface area contributed by atoms with Gasteiger partial charge in [-0.2, -0.15) is 0 Å². The molecule has 0 spiro atoms. The minimum atomic E-state index is -1.36. The highest BCUT2D eigenvalue weighted by molar-refractivity contribution is 5.89. The van der Waals surface area contributed by atoms with Gasteiger partial charge in [-0.15, -0.1) is 0 Å². The summed E-state index contributed by atoms with van der Waals surface area (Å²) in [5.41, 5.74) is -0.765. The zero-order valence-electron chi connectivity index (χ0n) is 15.1. The van der Waals surface area contributed by atoms with E-state index in [9.17, 15) is 19.5 Å². The molecule has 0 radical (unpaired) electrons. The lowest BCUT2D eigenvalue weighted by molar-refractivity contribution is -0.155. The number of nitrogens with zero attached hydrogens (tertiary/aromatic N) is 1. The van der Waals surface area contributed by atoms with Gasteiger partial charge in [0.05, 0.1) is 7.11 Å². The molecule has 7 nitrogen and oxygen atoms in total. The van der Waals surface area contributed by atoms with Gasteiger partial charge in [0, 0.05) is 6.20 Å². The van der Waals surface area contributed by atoms with Crippen LogP contribution in [0.4, 0.5) is 0 Å². The Kier molecular flexibility index (Phi) is 5.50. The molecule has 0 fully saturated rings. The molecule has 0 aliphatic carbocycles. The molecule has 0 unspecified atom stereocenters. The third-order valence-corrected chi connectivity index (χ3v) is 3.44. The molecule has 26 heavy (non-hydrogen) atoms. The molecule has 0 saturated carbocycles. The van der Waals surface area contributed by atoms with Crippen molar-refractivity contribution in [2.24, 2.45) is 0 Å². The molecule has 1 heterocycles. The Hall–Kier alpha value is -3.09. The number of carboxylic acids is 1. The number of pyridine rings is 1. The van der Waals surface area contributed by atoms with Gasteiger partial charge in [0.25, 0.3) is 5.56 Å². The highest BCUT2D eigenvalue weighted by Gasteiger charge is 2.20. The van der Waals surface area contributed by atoms with Crippen molar-refractivity contribution in [3.8, 4) is 16.9 Å². The lowest BCUT2D eigenvalue weighted by Crippen LogP contribution is -2.32. The maximum Gasteiger partial charge on any atom is 0.341 e. The van der Waals surface area contributed by atoms with Gasteiger partial charge in [0.2, 0.25) is 0 Å². The first-order chi connectivity index (χ1) is 12.1. The number of carboxylic acid groups (broad SMARTS) is 1. The van der Waals surface area contributed by atoms with Crippen molar-refractivity contribution < 1.29 is 24.2 Å². The van der Waals surface area contributed by atoms with Crippen molar-refractivity contribution in [2.75, 3.05) is 7.11 Å². The second-order valence-corrected chi connectivity index (χ2v) is 6.70. The van der Waals surface area contributed by atoms with E-state index in [0.29, 0.717) is 16.9 Å². The van der Waals surface area contributed by atoms with E-state index < -0.39 is 28.7 Å². The Morgan fingerprint density at radius 2 is 1.85 bits per heavy atom. The van der Waals surface area contributed by atoms with Gasteiger partial charge in [0.15, 0.2) is 0 Å². The zero-order valence-corrected chi connectivity index (χ0v) is 15.1. The largest absolute Gasteiger partial charge is 0.497 e. The summed E-state index contributed by atoms with van der Waals surface area (Å²) in [5, 5.41) is 9.33. The second kappa shape index (κ2) is 7.43. The Morgan fingerprint density at radius 1 is 1.15 bits per heavy atom. The van der Waals surface area contributed by atoms with E-state index in [-0.39, 0.29) is 6.54 Å². The van der Waals surface area contributed by atoms with Crippen LogP contribution in [0.5, 0.6) is 5.75 Å². The smallest absolute Gasteiger partial charge is 0.341 e. The SMILES string of the molecule is COc1cccc(-c2cc(C(=O)O)c(=O)n(CC(=O)OC(C)(C)C)c2)c1. The molecular formula is C19H21NO6. The molecule has 0 bridgehead atoms. The lowest BCUT2D eigenvalue weighted by atomic mass is 10.1. The van der Waals surface area contributed by atoms with E-state index in [1.54, 1.807) is 45.0 Å². The third-order valence-electron chi connectivity index (χ3n) is 3.44. The van der Waals surface area contributed by atoms with Crippen molar-refractivity contribution >= 4 is 11.9 Å². The molecule has 1 N–H and O–H groups in total. The molecule has 7 heteroatoms. The average Bonchev–Trinajstić information content (AvgIpc) is 2.54. The number of ether oxygens (including phenoxy) is 2. The summed E-state index contributed by atoms with van der Waals surface area (Å²) in [6.45, 7) is 4.75. The number of rotatable bonds is 5. The normalized spacial score (nSPS) is 11.1. The van der Waals surface area contributed by atoms with Crippen LogP contribution in [0, 0.1) is 0 Å². The van der Waals surface area contributed by atoms with E-state index in [0.717, 1.165) is 4.57 Å². The second-order valence-electron chi connectivity index (χ2n) is 6.70. The molecule has 0 aliphatic rings.